The zero-order valence-electron chi connectivity index (χ0n) is 17.3. The van der Waals surface area contributed by atoms with Gasteiger partial charge in [0.1, 0.15) is 0 Å². The summed E-state index contributed by atoms with van der Waals surface area (Å²) in [7, 11) is 0. The van der Waals surface area contributed by atoms with Gasteiger partial charge >= 0.3 is 5.97 Å². The first kappa shape index (κ1) is 24.8. The van der Waals surface area contributed by atoms with E-state index in [-0.39, 0.29) is 6.42 Å². The highest BCUT2D eigenvalue weighted by atomic mass is 19.3. The smallest absolute Gasteiger partial charge is 0.303 e. The van der Waals surface area contributed by atoms with Gasteiger partial charge in [-0.1, -0.05) is 57.9 Å². The van der Waals surface area contributed by atoms with E-state index in [1.165, 1.54) is 12.2 Å². The van der Waals surface area contributed by atoms with Crippen LogP contribution >= 0.6 is 0 Å². The minimum Gasteiger partial charge on any atom is -0.481 e. The molecule has 0 bridgehead atoms. The largest absolute Gasteiger partial charge is 0.481 e. The Morgan fingerprint density at radius 1 is 1.29 bits per heavy atom. The molecule has 0 aliphatic heterocycles. The molecule has 1 aliphatic carbocycles. The van der Waals surface area contributed by atoms with Crippen molar-refractivity contribution in [3.8, 4) is 0 Å². The van der Waals surface area contributed by atoms with Crippen molar-refractivity contribution in [2.24, 2.45) is 17.3 Å². The lowest BCUT2D eigenvalue weighted by atomic mass is 9.80. The molecule has 1 rings (SSSR count). The molecule has 0 aromatic carbocycles. The van der Waals surface area contributed by atoms with E-state index in [9.17, 15) is 23.8 Å². The van der Waals surface area contributed by atoms with E-state index in [4.69, 9.17) is 5.11 Å². The summed E-state index contributed by atoms with van der Waals surface area (Å²) in [5.41, 5.74) is -0.390. The minimum absolute atomic E-state index is 0.0749. The number of hydrogen-bond donors (Lipinski definition) is 3. The van der Waals surface area contributed by atoms with Crippen LogP contribution in [0.15, 0.2) is 24.3 Å². The highest BCUT2D eigenvalue weighted by molar-refractivity contribution is 5.66. The van der Waals surface area contributed by atoms with Crippen molar-refractivity contribution in [3.05, 3.63) is 24.3 Å². The summed E-state index contributed by atoms with van der Waals surface area (Å²) < 4.78 is 28.8. The SMILES string of the molecule is CCCCC(C)(C)C(O)C=C[C@@H]1[C@@H](CC=CCCCC(=O)O)[C@@H](O)CC1(F)F. The van der Waals surface area contributed by atoms with Crippen LogP contribution in [0.4, 0.5) is 8.78 Å². The number of aliphatic carboxylic acids is 1. The number of carboxylic acid groups (broad SMARTS) is 1. The second-order valence-corrected chi connectivity index (χ2v) is 8.64. The van der Waals surface area contributed by atoms with E-state index in [0.29, 0.717) is 19.3 Å². The van der Waals surface area contributed by atoms with Crippen LogP contribution in [0, 0.1) is 17.3 Å². The molecule has 0 aromatic rings. The van der Waals surface area contributed by atoms with Crippen LogP contribution in [0.25, 0.3) is 0 Å². The lowest BCUT2D eigenvalue weighted by molar-refractivity contribution is -0.137. The number of halogens is 2. The minimum atomic E-state index is -3.01. The summed E-state index contributed by atoms with van der Waals surface area (Å²) in [5.74, 6) is -5.61. The molecule has 1 saturated carbocycles. The van der Waals surface area contributed by atoms with Crippen molar-refractivity contribution in [2.75, 3.05) is 0 Å². The second kappa shape index (κ2) is 11.1. The maximum absolute atomic E-state index is 14.4. The molecule has 0 aromatic heterocycles. The van der Waals surface area contributed by atoms with Gasteiger partial charge in [0.2, 0.25) is 0 Å². The van der Waals surface area contributed by atoms with Crippen LogP contribution in [-0.2, 0) is 4.79 Å². The van der Waals surface area contributed by atoms with Crippen molar-refractivity contribution >= 4 is 5.97 Å². The van der Waals surface area contributed by atoms with Crippen molar-refractivity contribution < 1.29 is 28.9 Å². The molecule has 4 atom stereocenters. The molecule has 6 heteroatoms. The molecule has 162 valence electrons. The van der Waals surface area contributed by atoms with Gasteiger partial charge in [-0.3, -0.25) is 4.79 Å². The topological polar surface area (TPSA) is 77.8 Å². The van der Waals surface area contributed by atoms with Gasteiger partial charge in [-0.05, 0) is 31.1 Å². The second-order valence-electron chi connectivity index (χ2n) is 8.64. The van der Waals surface area contributed by atoms with Gasteiger partial charge in [0.05, 0.1) is 12.2 Å². The van der Waals surface area contributed by atoms with Gasteiger partial charge in [0.15, 0.2) is 0 Å². The lowest BCUT2D eigenvalue weighted by Crippen LogP contribution is -2.29. The summed E-state index contributed by atoms with van der Waals surface area (Å²) in [6.07, 6.45) is 8.11. The van der Waals surface area contributed by atoms with Crippen molar-refractivity contribution in [2.45, 2.75) is 90.3 Å². The van der Waals surface area contributed by atoms with E-state index >= 15 is 0 Å². The Kier molecular flexibility index (Phi) is 9.78. The molecule has 3 N–H and O–H groups in total. The van der Waals surface area contributed by atoms with Gasteiger partial charge in [-0.25, -0.2) is 8.78 Å². The Hall–Kier alpha value is -1.27. The molecular formula is C22H36F2O4. The molecule has 0 radical (unpaired) electrons. The number of unbranched alkanes of at least 4 members (excludes halogenated alkanes) is 2. The summed E-state index contributed by atoms with van der Waals surface area (Å²) >= 11 is 0. The number of hydrogen-bond acceptors (Lipinski definition) is 3. The molecular weight excluding hydrogens is 366 g/mol. The Morgan fingerprint density at radius 3 is 2.57 bits per heavy atom. The molecule has 1 fully saturated rings. The summed E-state index contributed by atoms with van der Waals surface area (Å²) in [6.45, 7) is 5.92. The molecule has 4 nitrogen and oxygen atoms in total. The van der Waals surface area contributed by atoms with Crippen LogP contribution in [0.2, 0.25) is 0 Å². The molecule has 1 unspecified atom stereocenters. The zero-order valence-corrected chi connectivity index (χ0v) is 17.3. The predicted molar refractivity (Wildman–Crippen MR) is 106 cm³/mol. The zero-order chi connectivity index (χ0) is 21.4. The normalized spacial score (nSPS) is 26.3. The third-order valence-electron chi connectivity index (χ3n) is 5.74. The van der Waals surface area contributed by atoms with Crippen molar-refractivity contribution in [1.82, 2.24) is 0 Å². The molecule has 0 heterocycles. The van der Waals surface area contributed by atoms with Crippen LogP contribution in [0.5, 0.6) is 0 Å². The predicted octanol–water partition coefficient (Wildman–Crippen LogP) is 4.95. The van der Waals surface area contributed by atoms with Gasteiger partial charge in [0, 0.05) is 24.7 Å². The summed E-state index contributed by atoms with van der Waals surface area (Å²) in [6, 6.07) is 0. The third kappa shape index (κ3) is 7.63. The fourth-order valence-electron chi connectivity index (χ4n) is 3.71. The Balaban J connectivity index is 2.73. The third-order valence-corrected chi connectivity index (χ3v) is 5.74. The Morgan fingerprint density at radius 2 is 1.96 bits per heavy atom. The van der Waals surface area contributed by atoms with Crippen LogP contribution in [-0.4, -0.2) is 39.4 Å². The monoisotopic (exact) mass is 402 g/mol. The van der Waals surface area contributed by atoms with Crippen LogP contribution < -0.4 is 0 Å². The molecule has 0 amide bonds. The maximum atomic E-state index is 14.4. The average molecular weight is 403 g/mol. The van der Waals surface area contributed by atoms with Gasteiger partial charge in [-0.2, -0.15) is 0 Å². The first-order chi connectivity index (χ1) is 13.0. The van der Waals surface area contributed by atoms with Gasteiger partial charge in [-0.15, -0.1) is 0 Å². The van der Waals surface area contributed by atoms with Gasteiger partial charge < -0.3 is 15.3 Å². The highest BCUT2D eigenvalue weighted by Crippen LogP contribution is 2.47. The fraction of sp³-hybridized carbons (Fsp3) is 0.773. The summed E-state index contributed by atoms with van der Waals surface area (Å²) in [4.78, 5) is 10.5. The molecule has 28 heavy (non-hydrogen) atoms. The first-order valence-electron chi connectivity index (χ1n) is 10.3. The number of carboxylic acids is 1. The molecule has 0 saturated heterocycles. The average Bonchev–Trinajstić information content (AvgIpc) is 2.81. The van der Waals surface area contributed by atoms with Crippen LogP contribution in [0.3, 0.4) is 0 Å². The molecule has 1 aliphatic rings. The number of aliphatic hydroxyl groups excluding tert-OH is 2. The number of carbonyl (C=O) groups is 1. The van der Waals surface area contributed by atoms with Crippen molar-refractivity contribution in [3.63, 3.8) is 0 Å². The Bertz CT molecular complexity index is 543. The van der Waals surface area contributed by atoms with E-state index in [2.05, 4.69) is 6.92 Å². The Labute approximate surface area is 167 Å². The van der Waals surface area contributed by atoms with E-state index in [1.54, 1.807) is 12.2 Å². The summed E-state index contributed by atoms with van der Waals surface area (Å²) in [5, 5.41) is 29.2. The number of allylic oxidation sites excluding steroid dienone is 3. The maximum Gasteiger partial charge on any atom is 0.303 e. The highest BCUT2D eigenvalue weighted by Gasteiger charge is 2.53. The lowest BCUT2D eigenvalue weighted by Gasteiger charge is -2.29. The number of alkyl halides is 2. The number of aliphatic hydroxyl groups is 2. The number of rotatable bonds is 12. The van der Waals surface area contributed by atoms with E-state index in [1.807, 2.05) is 13.8 Å². The quantitative estimate of drug-likeness (QED) is 0.319. The van der Waals surface area contributed by atoms with Gasteiger partial charge in [0.25, 0.3) is 5.92 Å². The fourth-order valence-corrected chi connectivity index (χ4v) is 3.71. The first-order valence-corrected chi connectivity index (χ1v) is 10.3. The van der Waals surface area contributed by atoms with E-state index in [0.717, 1.165) is 19.3 Å². The van der Waals surface area contributed by atoms with E-state index < -0.39 is 47.8 Å². The van der Waals surface area contributed by atoms with Crippen LogP contribution in [0.1, 0.15) is 72.1 Å². The molecule has 0 spiro atoms. The standard InChI is InChI=1S/C22H36F2O4/c1-4-5-14-21(2,3)19(26)13-12-17-16(18(25)15-22(17,23)24)10-8-6-7-9-11-20(27)28/h6,8,12-13,16-19,25-26H,4-5,7,9-11,14-15H2,1-3H3,(H,27,28)/t16-,17-,18+,19?/m1/s1. The van der Waals surface area contributed by atoms with Crippen molar-refractivity contribution in [1.29, 1.82) is 0 Å².